The van der Waals surface area contributed by atoms with Crippen LogP contribution in [0.25, 0.3) is 11.1 Å². The minimum absolute atomic E-state index is 0.00722. The molecule has 4 aromatic rings. The van der Waals surface area contributed by atoms with Crippen LogP contribution in [0.4, 0.5) is 10.1 Å². The summed E-state index contributed by atoms with van der Waals surface area (Å²) in [6, 6.07) is 24.3. The summed E-state index contributed by atoms with van der Waals surface area (Å²) in [5.41, 5.74) is 5.00. The van der Waals surface area contributed by atoms with Crippen LogP contribution in [0.1, 0.15) is 38.3 Å². The van der Waals surface area contributed by atoms with Crippen LogP contribution in [0.2, 0.25) is 0 Å². The molecule has 1 fully saturated rings. The molecule has 0 radical (unpaired) electrons. The highest BCUT2D eigenvalue weighted by atomic mass is 32.2. The normalized spacial score (nSPS) is 15.2. The quantitative estimate of drug-likeness (QED) is 0.260. The van der Waals surface area contributed by atoms with Crippen LogP contribution in [-0.4, -0.2) is 59.1 Å². The van der Waals surface area contributed by atoms with Crippen LogP contribution >= 0.6 is 0 Å². The Bertz CT molecular complexity index is 1690. The fourth-order valence-electron chi connectivity index (χ4n) is 5.22. The van der Waals surface area contributed by atoms with Crippen molar-refractivity contribution in [1.29, 1.82) is 0 Å². The number of nitrogens with zero attached hydrogens (tertiary/aromatic N) is 2. The van der Waals surface area contributed by atoms with Gasteiger partial charge in [0.25, 0.3) is 11.8 Å². The van der Waals surface area contributed by atoms with Crippen molar-refractivity contribution in [3.05, 3.63) is 113 Å². The molecule has 2 atom stereocenters. The fraction of sp³-hybridized carbons (Fsp3) is 0.235. The van der Waals surface area contributed by atoms with Gasteiger partial charge in [-0.25, -0.2) is 8.60 Å². The molecule has 1 N–H and O–H groups in total. The monoisotopic (exact) mass is 599 g/mol. The van der Waals surface area contributed by atoms with E-state index in [1.165, 1.54) is 17.0 Å². The maximum absolute atomic E-state index is 14.8. The number of rotatable bonds is 8. The Morgan fingerprint density at radius 1 is 0.930 bits per heavy atom. The van der Waals surface area contributed by atoms with Gasteiger partial charge in [-0.1, -0.05) is 42.5 Å². The first-order valence-electron chi connectivity index (χ1n) is 14.0. The molecule has 1 heterocycles. The van der Waals surface area contributed by atoms with E-state index in [0.29, 0.717) is 47.6 Å². The van der Waals surface area contributed by atoms with Crippen molar-refractivity contribution in [3.63, 3.8) is 0 Å². The molecule has 222 valence electrons. The van der Waals surface area contributed by atoms with Gasteiger partial charge in [0.05, 0.1) is 17.1 Å². The first kappa shape index (κ1) is 30.0. The minimum atomic E-state index is -1.91. The maximum Gasteiger partial charge on any atom is 0.254 e. The summed E-state index contributed by atoms with van der Waals surface area (Å²) >= 11 is 0. The van der Waals surface area contributed by atoms with Crippen molar-refractivity contribution < 1.29 is 22.9 Å². The Balaban J connectivity index is 1.26. The predicted octanol–water partition coefficient (Wildman–Crippen LogP) is 6.24. The van der Waals surface area contributed by atoms with Crippen molar-refractivity contribution in [1.82, 2.24) is 9.80 Å². The number of anilines is 1. The molecular formula is C34H34FN3O4S. The van der Waals surface area contributed by atoms with Gasteiger partial charge in [-0.05, 0) is 72.5 Å². The number of hydrogen-bond donors (Lipinski definition) is 1. The van der Waals surface area contributed by atoms with Crippen molar-refractivity contribution in [2.24, 2.45) is 0 Å². The second-order valence-corrected chi connectivity index (χ2v) is 12.1. The Morgan fingerprint density at radius 2 is 1.63 bits per heavy atom. The van der Waals surface area contributed by atoms with E-state index in [1.807, 2.05) is 43.0 Å². The molecule has 5 rings (SSSR count). The second kappa shape index (κ2) is 12.8. The molecule has 2 amide bonds. The van der Waals surface area contributed by atoms with Gasteiger partial charge in [0, 0.05) is 44.3 Å². The fourth-order valence-corrected chi connectivity index (χ4v) is 6.15. The minimum Gasteiger partial charge on any atom is -0.488 e. The summed E-state index contributed by atoms with van der Waals surface area (Å²) in [6.45, 7) is 4.96. The van der Waals surface area contributed by atoms with E-state index in [9.17, 15) is 18.2 Å². The summed E-state index contributed by atoms with van der Waals surface area (Å²) in [6.07, 6.45) is 0.512. The van der Waals surface area contributed by atoms with Crippen molar-refractivity contribution in [2.45, 2.75) is 31.3 Å². The maximum atomic E-state index is 14.8. The SMILES string of the molecule is Cc1cccc(C)c1C(=O)N1CC[C@H](Oc2cccc(NS(=O)c3cc(-c4cccc(C(=O)N(C)C)c4)ccc3F)c2)C1. The standard InChI is InChI=1S/C34H34FN3O4S/c1-22-8-5-9-23(2)32(22)34(40)38-17-16-29(21-38)42-28-13-7-12-27(20-28)36-43(41)31-19-25(14-15-30(31)35)24-10-6-11-26(18-24)33(39)37(3)4/h5-15,18-20,29,36H,16-17,21H2,1-4H3/t29-,43?/m0/s1. The van der Waals surface area contributed by atoms with Crippen LogP contribution in [0.3, 0.4) is 0 Å². The number of aryl methyl sites for hydroxylation is 2. The average Bonchev–Trinajstić information content (AvgIpc) is 3.45. The zero-order chi connectivity index (χ0) is 30.7. The number of likely N-dealkylation sites (tertiary alicyclic amines) is 1. The molecule has 1 saturated heterocycles. The third-order valence-corrected chi connectivity index (χ3v) is 8.59. The lowest BCUT2D eigenvalue weighted by molar-refractivity contribution is 0.0770. The summed E-state index contributed by atoms with van der Waals surface area (Å²) in [5.74, 6) is -0.185. The Hall–Kier alpha value is -4.50. The van der Waals surface area contributed by atoms with E-state index in [2.05, 4.69) is 4.72 Å². The molecule has 4 aromatic carbocycles. The lowest BCUT2D eigenvalue weighted by atomic mass is 10.0. The molecular weight excluding hydrogens is 565 g/mol. The zero-order valence-electron chi connectivity index (χ0n) is 24.6. The molecule has 9 heteroatoms. The van der Waals surface area contributed by atoms with Crippen LogP contribution in [-0.2, 0) is 11.0 Å². The lowest BCUT2D eigenvalue weighted by Crippen LogP contribution is -2.31. The van der Waals surface area contributed by atoms with E-state index in [-0.39, 0.29) is 22.8 Å². The van der Waals surface area contributed by atoms with Gasteiger partial charge in [0.15, 0.2) is 11.0 Å². The van der Waals surface area contributed by atoms with Crippen LogP contribution in [0.15, 0.2) is 89.8 Å². The van der Waals surface area contributed by atoms with E-state index in [0.717, 1.165) is 16.7 Å². The van der Waals surface area contributed by atoms with Gasteiger partial charge in [-0.15, -0.1) is 0 Å². The van der Waals surface area contributed by atoms with Crippen LogP contribution in [0, 0.1) is 19.7 Å². The first-order chi connectivity index (χ1) is 20.6. The van der Waals surface area contributed by atoms with Crippen molar-refractivity contribution in [3.8, 4) is 16.9 Å². The number of hydrogen-bond acceptors (Lipinski definition) is 4. The van der Waals surface area contributed by atoms with Gasteiger partial charge in [0.1, 0.15) is 17.7 Å². The van der Waals surface area contributed by atoms with E-state index in [1.54, 1.807) is 62.6 Å². The number of nitrogens with one attached hydrogen (secondary N) is 1. The molecule has 0 saturated carbocycles. The Labute approximate surface area is 253 Å². The summed E-state index contributed by atoms with van der Waals surface area (Å²) in [4.78, 5) is 28.9. The molecule has 0 aliphatic carbocycles. The molecule has 1 aliphatic heterocycles. The van der Waals surface area contributed by atoms with E-state index >= 15 is 0 Å². The van der Waals surface area contributed by atoms with Gasteiger partial charge >= 0.3 is 0 Å². The molecule has 1 unspecified atom stereocenters. The average molecular weight is 600 g/mol. The number of amides is 2. The van der Waals surface area contributed by atoms with Gasteiger partial charge in [-0.3, -0.25) is 9.59 Å². The molecule has 0 bridgehead atoms. The third kappa shape index (κ3) is 6.78. The van der Waals surface area contributed by atoms with E-state index in [4.69, 9.17) is 4.74 Å². The highest BCUT2D eigenvalue weighted by Gasteiger charge is 2.29. The van der Waals surface area contributed by atoms with Gasteiger partial charge in [0.2, 0.25) is 0 Å². The van der Waals surface area contributed by atoms with Crippen LogP contribution in [0.5, 0.6) is 5.75 Å². The van der Waals surface area contributed by atoms with Gasteiger partial charge in [-0.2, -0.15) is 0 Å². The van der Waals surface area contributed by atoms with Crippen LogP contribution < -0.4 is 9.46 Å². The number of halogens is 1. The number of benzene rings is 4. The molecule has 0 aromatic heterocycles. The Kier molecular flexibility index (Phi) is 8.92. The molecule has 1 aliphatic rings. The highest BCUT2D eigenvalue weighted by Crippen LogP contribution is 2.28. The predicted molar refractivity (Wildman–Crippen MR) is 167 cm³/mol. The number of carbonyl (C=O) groups is 2. The van der Waals surface area contributed by atoms with E-state index < -0.39 is 16.8 Å². The first-order valence-corrected chi connectivity index (χ1v) is 15.2. The molecule has 43 heavy (non-hydrogen) atoms. The largest absolute Gasteiger partial charge is 0.488 e. The topological polar surface area (TPSA) is 79.0 Å². The van der Waals surface area contributed by atoms with Crippen molar-refractivity contribution in [2.75, 3.05) is 31.9 Å². The highest BCUT2D eigenvalue weighted by molar-refractivity contribution is 7.86. The smallest absolute Gasteiger partial charge is 0.254 e. The number of ether oxygens (including phenoxy) is 1. The van der Waals surface area contributed by atoms with Crippen molar-refractivity contribution >= 4 is 28.5 Å². The molecule has 0 spiro atoms. The lowest BCUT2D eigenvalue weighted by Gasteiger charge is -2.20. The third-order valence-electron chi connectivity index (χ3n) is 7.45. The second-order valence-electron chi connectivity index (χ2n) is 10.9. The Morgan fingerprint density at radius 3 is 2.37 bits per heavy atom. The molecule has 7 nitrogen and oxygen atoms in total. The van der Waals surface area contributed by atoms with Gasteiger partial charge < -0.3 is 19.3 Å². The zero-order valence-corrected chi connectivity index (χ0v) is 25.4. The number of carbonyl (C=O) groups excluding carboxylic acids is 2. The summed E-state index contributed by atoms with van der Waals surface area (Å²) < 4.78 is 37.2. The summed E-state index contributed by atoms with van der Waals surface area (Å²) in [7, 11) is 1.44. The summed E-state index contributed by atoms with van der Waals surface area (Å²) in [5, 5.41) is 0.